The first-order chi connectivity index (χ1) is 16.1. The zero-order chi connectivity index (χ0) is 23.0. The van der Waals surface area contributed by atoms with Crippen molar-refractivity contribution >= 4 is 23.4 Å². The summed E-state index contributed by atoms with van der Waals surface area (Å²) in [5.74, 6) is 1.26. The lowest BCUT2D eigenvalue weighted by atomic mass is 10.1. The van der Waals surface area contributed by atoms with Crippen LogP contribution in [0.15, 0.2) is 102 Å². The molecule has 6 heteroatoms. The molecule has 0 saturated heterocycles. The summed E-state index contributed by atoms with van der Waals surface area (Å²) in [5, 5.41) is 12.5. The van der Waals surface area contributed by atoms with Crippen molar-refractivity contribution in [1.82, 2.24) is 4.98 Å². The largest absolute Gasteiger partial charge is 0.457 e. The quantitative estimate of drug-likeness (QED) is 0.323. The molecule has 0 aliphatic rings. The van der Waals surface area contributed by atoms with E-state index in [0.29, 0.717) is 22.0 Å². The smallest absolute Gasteiger partial charge is 0.237 e. The Labute approximate surface area is 197 Å². The molecule has 0 aliphatic heterocycles. The lowest BCUT2D eigenvalue weighted by molar-refractivity contribution is -0.115. The SMILES string of the molecule is CC(Sc1nc(-c2ccccc2)ccc1C#N)C(=O)Nc1ccc(Oc2ccccc2)cc1. The van der Waals surface area contributed by atoms with Crippen molar-refractivity contribution in [3.8, 4) is 28.8 Å². The highest BCUT2D eigenvalue weighted by Gasteiger charge is 2.18. The molecule has 3 aromatic carbocycles. The highest BCUT2D eigenvalue weighted by atomic mass is 32.2. The summed E-state index contributed by atoms with van der Waals surface area (Å²) in [6.45, 7) is 1.80. The predicted octanol–water partition coefficient (Wildman–Crippen LogP) is 6.53. The van der Waals surface area contributed by atoms with E-state index in [1.807, 2.05) is 66.7 Å². The Kier molecular flexibility index (Phi) is 7.03. The van der Waals surface area contributed by atoms with Crippen LogP contribution in [0.5, 0.6) is 11.5 Å². The predicted molar refractivity (Wildman–Crippen MR) is 131 cm³/mol. The standard InChI is InChI=1S/C27H21N3O2S/c1-19(33-27-21(18-28)12-17-25(30-27)20-8-4-2-5-9-20)26(31)29-22-13-15-24(16-14-22)32-23-10-6-3-7-11-23/h2-17,19H,1H3,(H,29,31). The molecule has 1 unspecified atom stereocenters. The van der Waals surface area contributed by atoms with Gasteiger partial charge in [0.15, 0.2) is 0 Å². The van der Waals surface area contributed by atoms with E-state index in [9.17, 15) is 10.1 Å². The number of anilines is 1. The normalized spacial score (nSPS) is 11.3. The van der Waals surface area contributed by atoms with Crippen molar-refractivity contribution in [3.05, 3.63) is 103 Å². The van der Waals surface area contributed by atoms with Gasteiger partial charge in [-0.05, 0) is 55.5 Å². The van der Waals surface area contributed by atoms with Gasteiger partial charge in [-0.1, -0.05) is 60.3 Å². The summed E-state index contributed by atoms with van der Waals surface area (Å²) < 4.78 is 5.78. The Bertz CT molecular complexity index is 1270. The Balaban J connectivity index is 1.42. The van der Waals surface area contributed by atoms with E-state index >= 15 is 0 Å². The van der Waals surface area contributed by atoms with Crippen molar-refractivity contribution in [2.75, 3.05) is 5.32 Å². The summed E-state index contributed by atoms with van der Waals surface area (Å²) >= 11 is 1.27. The van der Waals surface area contributed by atoms with Gasteiger partial charge in [0.25, 0.3) is 0 Å². The fourth-order valence-electron chi connectivity index (χ4n) is 3.08. The molecule has 1 amide bonds. The summed E-state index contributed by atoms with van der Waals surface area (Å²) in [7, 11) is 0. The molecular weight excluding hydrogens is 430 g/mol. The van der Waals surface area contributed by atoms with Gasteiger partial charge in [0.05, 0.1) is 16.5 Å². The fourth-order valence-corrected chi connectivity index (χ4v) is 3.97. The van der Waals surface area contributed by atoms with Crippen LogP contribution in [0.2, 0.25) is 0 Å². The lowest BCUT2D eigenvalue weighted by Crippen LogP contribution is -2.22. The number of nitriles is 1. The summed E-state index contributed by atoms with van der Waals surface area (Å²) in [6.07, 6.45) is 0. The van der Waals surface area contributed by atoms with Crippen LogP contribution in [0, 0.1) is 11.3 Å². The van der Waals surface area contributed by atoms with Crippen molar-refractivity contribution in [3.63, 3.8) is 0 Å². The van der Waals surface area contributed by atoms with Crippen LogP contribution >= 0.6 is 11.8 Å². The first-order valence-electron chi connectivity index (χ1n) is 10.4. The second-order valence-corrected chi connectivity index (χ2v) is 8.55. The molecule has 4 rings (SSSR count). The molecule has 5 nitrogen and oxygen atoms in total. The minimum absolute atomic E-state index is 0.174. The number of aromatic nitrogens is 1. The Morgan fingerprint density at radius 1 is 0.909 bits per heavy atom. The number of thioether (sulfide) groups is 1. The first kappa shape index (κ1) is 22.1. The maximum atomic E-state index is 12.8. The number of nitrogens with zero attached hydrogens (tertiary/aromatic N) is 2. The number of hydrogen-bond acceptors (Lipinski definition) is 5. The molecule has 0 fully saturated rings. The first-order valence-corrected chi connectivity index (χ1v) is 11.3. The molecule has 1 aromatic heterocycles. The Morgan fingerprint density at radius 2 is 1.55 bits per heavy atom. The van der Waals surface area contributed by atoms with Crippen LogP contribution in [0.1, 0.15) is 12.5 Å². The Morgan fingerprint density at radius 3 is 2.21 bits per heavy atom. The second-order valence-electron chi connectivity index (χ2n) is 7.22. The molecule has 1 N–H and O–H groups in total. The fraction of sp³-hybridized carbons (Fsp3) is 0.0741. The second kappa shape index (κ2) is 10.5. The minimum Gasteiger partial charge on any atom is -0.457 e. The summed E-state index contributed by atoms with van der Waals surface area (Å²) in [4.78, 5) is 17.4. The molecule has 33 heavy (non-hydrogen) atoms. The van der Waals surface area contributed by atoms with Gasteiger partial charge in [0.1, 0.15) is 22.6 Å². The molecule has 0 aliphatic carbocycles. The third-order valence-corrected chi connectivity index (χ3v) is 5.91. The van der Waals surface area contributed by atoms with Gasteiger partial charge in [-0.3, -0.25) is 4.79 Å². The number of rotatable bonds is 7. The number of carbonyl (C=O) groups excluding carboxylic acids is 1. The molecule has 4 aromatic rings. The van der Waals surface area contributed by atoms with E-state index in [2.05, 4.69) is 16.4 Å². The maximum absolute atomic E-state index is 12.8. The average Bonchev–Trinajstić information content (AvgIpc) is 2.86. The molecule has 0 radical (unpaired) electrons. The molecule has 0 bridgehead atoms. The molecule has 1 atom stereocenters. The molecule has 162 valence electrons. The molecule has 0 spiro atoms. The van der Waals surface area contributed by atoms with E-state index in [1.54, 1.807) is 37.3 Å². The highest BCUT2D eigenvalue weighted by Crippen LogP contribution is 2.29. The van der Waals surface area contributed by atoms with E-state index in [-0.39, 0.29) is 5.91 Å². The average molecular weight is 452 g/mol. The number of nitrogens with one attached hydrogen (secondary N) is 1. The zero-order valence-electron chi connectivity index (χ0n) is 17.9. The van der Waals surface area contributed by atoms with E-state index in [4.69, 9.17) is 4.74 Å². The molecule has 0 saturated carbocycles. The number of carbonyl (C=O) groups is 1. The third-order valence-electron chi connectivity index (χ3n) is 4.81. The Hall–Kier alpha value is -4.08. The number of pyridine rings is 1. The van der Waals surface area contributed by atoms with Crippen molar-refractivity contribution in [2.45, 2.75) is 17.2 Å². The summed E-state index contributed by atoms with van der Waals surface area (Å²) in [6, 6.07) is 32.2. The van der Waals surface area contributed by atoms with Crippen molar-refractivity contribution < 1.29 is 9.53 Å². The van der Waals surface area contributed by atoms with Crippen molar-refractivity contribution in [1.29, 1.82) is 5.26 Å². The van der Waals surface area contributed by atoms with Gasteiger partial charge < -0.3 is 10.1 Å². The number of benzene rings is 3. The van der Waals surface area contributed by atoms with Crippen LogP contribution in [-0.2, 0) is 4.79 Å². The topological polar surface area (TPSA) is 75.0 Å². The van der Waals surface area contributed by atoms with Crippen LogP contribution in [-0.4, -0.2) is 16.1 Å². The number of hydrogen-bond donors (Lipinski definition) is 1. The highest BCUT2D eigenvalue weighted by molar-refractivity contribution is 8.00. The van der Waals surface area contributed by atoms with Gasteiger partial charge in [-0.2, -0.15) is 5.26 Å². The van der Waals surface area contributed by atoms with Gasteiger partial charge in [0.2, 0.25) is 5.91 Å². The monoisotopic (exact) mass is 451 g/mol. The van der Waals surface area contributed by atoms with Gasteiger partial charge in [-0.25, -0.2) is 4.98 Å². The van der Waals surface area contributed by atoms with E-state index in [1.165, 1.54) is 11.8 Å². The van der Waals surface area contributed by atoms with Crippen LogP contribution in [0.25, 0.3) is 11.3 Å². The number of ether oxygens (including phenoxy) is 1. The maximum Gasteiger partial charge on any atom is 0.237 e. The lowest BCUT2D eigenvalue weighted by Gasteiger charge is -2.13. The number of amides is 1. The van der Waals surface area contributed by atoms with E-state index in [0.717, 1.165) is 17.0 Å². The summed E-state index contributed by atoms with van der Waals surface area (Å²) in [5.41, 5.74) is 2.83. The van der Waals surface area contributed by atoms with Crippen molar-refractivity contribution in [2.24, 2.45) is 0 Å². The molecule has 1 heterocycles. The van der Waals surface area contributed by atoms with Crippen LogP contribution < -0.4 is 10.1 Å². The van der Waals surface area contributed by atoms with Crippen LogP contribution in [0.4, 0.5) is 5.69 Å². The third kappa shape index (κ3) is 5.79. The minimum atomic E-state index is -0.448. The number of para-hydroxylation sites is 1. The van der Waals surface area contributed by atoms with Gasteiger partial charge >= 0.3 is 0 Å². The van der Waals surface area contributed by atoms with Gasteiger partial charge in [-0.15, -0.1) is 0 Å². The zero-order valence-corrected chi connectivity index (χ0v) is 18.8. The van der Waals surface area contributed by atoms with E-state index < -0.39 is 5.25 Å². The van der Waals surface area contributed by atoms with Crippen LogP contribution in [0.3, 0.4) is 0 Å². The van der Waals surface area contributed by atoms with Gasteiger partial charge in [0, 0.05) is 11.3 Å². The molecular formula is C27H21N3O2S.